The van der Waals surface area contributed by atoms with Crippen molar-refractivity contribution >= 4 is 41.5 Å². The van der Waals surface area contributed by atoms with Crippen LogP contribution in [0.15, 0.2) is 36.4 Å². The smallest absolute Gasteiger partial charge is 0.291 e. The maximum absolute atomic E-state index is 13.4. The Kier molecular flexibility index (Phi) is 7.72. The number of carbonyl (C=O) groups excluding carboxylic acids is 2. The molecule has 0 saturated heterocycles. The zero-order valence-corrected chi connectivity index (χ0v) is 25.4. The third-order valence-electron chi connectivity index (χ3n) is 8.46. The number of aromatic nitrogens is 4. The van der Waals surface area contributed by atoms with Crippen LogP contribution in [-0.4, -0.2) is 56.1 Å². The number of benzene rings is 2. The molecule has 4 heterocycles. The Morgan fingerprint density at radius 2 is 1.50 bits per heavy atom. The van der Waals surface area contributed by atoms with Gasteiger partial charge in [-0.2, -0.15) is 5.26 Å². The first-order valence-electron chi connectivity index (χ1n) is 14.3. The topological polar surface area (TPSA) is 145 Å². The van der Waals surface area contributed by atoms with Crippen molar-refractivity contribution in [2.75, 3.05) is 24.2 Å². The summed E-state index contributed by atoms with van der Waals surface area (Å²) in [5.41, 5.74) is 5.55. The third kappa shape index (κ3) is 5.13. The minimum absolute atomic E-state index is 0.114. The first-order valence-corrected chi connectivity index (χ1v) is 14.7. The fourth-order valence-electron chi connectivity index (χ4n) is 6.08. The van der Waals surface area contributed by atoms with Gasteiger partial charge in [0, 0.05) is 62.1 Å². The molecule has 0 fully saturated rings. The Morgan fingerprint density at radius 1 is 0.886 bits per heavy atom. The molecule has 0 aliphatic carbocycles. The normalized spacial score (nSPS) is 14.3. The number of nitrogens with one attached hydrogen (secondary N) is 2. The number of carbonyl (C=O) groups is 2. The average molecular weight is 606 g/mol. The first kappa shape index (κ1) is 29.2. The van der Waals surface area contributed by atoms with Crippen LogP contribution in [0.5, 0.6) is 0 Å². The number of imidazole rings is 2. The van der Waals surface area contributed by atoms with Crippen LogP contribution >= 0.6 is 11.6 Å². The van der Waals surface area contributed by atoms with Crippen LogP contribution in [0.4, 0.5) is 11.4 Å². The molecule has 2 amide bonds. The van der Waals surface area contributed by atoms with Gasteiger partial charge in [-0.1, -0.05) is 42.2 Å². The lowest BCUT2D eigenvalue weighted by Gasteiger charge is -2.21. The van der Waals surface area contributed by atoms with Gasteiger partial charge in [0.15, 0.2) is 11.6 Å². The molecule has 4 aromatic rings. The Bertz CT molecular complexity index is 1920. The Labute approximate surface area is 260 Å². The fourth-order valence-corrected chi connectivity index (χ4v) is 6.36. The third-order valence-corrected chi connectivity index (χ3v) is 8.87. The van der Waals surface area contributed by atoms with Crippen molar-refractivity contribution in [3.05, 3.63) is 81.4 Å². The van der Waals surface area contributed by atoms with Gasteiger partial charge in [-0.25, -0.2) is 15.2 Å². The quantitative estimate of drug-likeness (QED) is 0.327. The Morgan fingerprint density at radius 3 is 2.18 bits per heavy atom. The van der Waals surface area contributed by atoms with E-state index in [9.17, 15) is 20.1 Å². The van der Waals surface area contributed by atoms with Crippen molar-refractivity contribution in [2.24, 2.45) is 14.1 Å². The molecule has 0 bridgehead atoms. The molecule has 2 aliphatic rings. The monoisotopic (exact) mass is 605 g/mol. The van der Waals surface area contributed by atoms with E-state index in [0.29, 0.717) is 47.6 Å². The predicted octanol–water partition coefficient (Wildman–Crippen LogP) is 4.03. The van der Waals surface area contributed by atoms with Crippen LogP contribution in [0.3, 0.4) is 0 Å². The van der Waals surface area contributed by atoms with E-state index < -0.39 is 5.91 Å². The number of likely N-dealkylation sites (N-methyl/N-ethyl adjacent to an activating group) is 1. The summed E-state index contributed by atoms with van der Waals surface area (Å²) in [4.78, 5) is 38.0. The highest BCUT2D eigenvalue weighted by Crippen LogP contribution is 2.38. The maximum Gasteiger partial charge on any atom is 0.291 e. The molecule has 220 valence electrons. The molecule has 13 heteroatoms. The van der Waals surface area contributed by atoms with Gasteiger partial charge < -0.3 is 24.7 Å². The molecular weight excluding hydrogens is 577 g/mol. The van der Waals surface area contributed by atoms with Crippen LogP contribution in [0.1, 0.15) is 49.6 Å². The van der Waals surface area contributed by atoms with E-state index in [1.54, 1.807) is 48.0 Å². The number of halogens is 1. The van der Waals surface area contributed by atoms with Crippen LogP contribution in [0, 0.1) is 22.6 Å². The lowest BCUT2D eigenvalue weighted by Crippen LogP contribution is -2.27. The highest BCUT2D eigenvalue weighted by atomic mass is 35.5. The van der Waals surface area contributed by atoms with E-state index in [-0.39, 0.29) is 29.0 Å². The van der Waals surface area contributed by atoms with Crippen LogP contribution in [0.25, 0.3) is 11.1 Å². The molecule has 6 rings (SSSR count). The summed E-state index contributed by atoms with van der Waals surface area (Å²) in [5.74, 6) is 1.97. The second-order valence-corrected chi connectivity index (χ2v) is 11.6. The van der Waals surface area contributed by atoms with E-state index >= 15 is 0 Å². The number of rotatable bonds is 5. The van der Waals surface area contributed by atoms with Gasteiger partial charge in [0.05, 0.1) is 33.3 Å². The molecule has 44 heavy (non-hydrogen) atoms. The number of hydrogen-bond acceptors (Lipinski definition) is 7. The van der Waals surface area contributed by atoms with Crippen molar-refractivity contribution in [2.45, 2.75) is 32.0 Å². The van der Waals surface area contributed by atoms with Gasteiger partial charge in [-0.15, -0.1) is 0 Å². The lowest BCUT2D eigenvalue weighted by atomic mass is 9.43. The number of nitriles is 2. The summed E-state index contributed by atoms with van der Waals surface area (Å²) in [5, 5.41) is 25.5. The van der Waals surface area contributed by atoms with Crippen molar-refractivity contribution in [1.82, 2.24) is 24.0 Å². The van der Waals surface area contributed by atoms with Gasteiger partial charge in [0.2, 0.25) is 0 Å². The molecular formula is C31H29BClN9O2. The number of anilines is 2. The molecule has 0 radical (unpaired) electrons. The number of hydrogen-bond donors (Lipinski definition) is 2. The van der Waals surface area contributed by atoms with Gasteiger partial charge in [0.1, 0.15) is 6.07 Å². The number of fused-ring (bicyclic) bond motifs is 2. The lowest BCUT2D eigenvalue weighted by molar-refractivity contribution is 0.100. The van der Waals surface area contributed by atoms with E-state index in [0.717, 1.165) is 42.1 Å². The van der Waals surface area contributed by atoms with E-state index in [2.05, 4.69) is 37.5 Å². The molecule has 0 saturated carbocycles. The Balaban J connectivity index is 1.27. The Hall–Kier alpha value is -4.91. The second kappa shape index (κ2) is 11.6. The van der Waals surface area contributed by atoms with Crippen LogP contribution in [-0.2, 0) is 39.8 Å². The molecule has 0 atom stereocenters. The minimum atomic E-state index is -0.458. The molecule has 2 aliphatic heterocycles. The molecule has 0 unspecified atom stereocenters. The minimum Gasteiger partial charge on any atom is -0.327 e. The predicted molar refractivity (Wildman–Crippen MR) is 168 cm³/mol. The van der Waals surface area contributed by atoms with Gasteiger partial charge >= 0.3 is 0 Å². The zero-order chi connectivity index (χ0) is 31.1. The summed E-state index contributed by atoms with van der Waals surface area (Å²) in [6.45, 7) is 1.46. The standard InChI is InChI=1S/C31H29BClN9O2/c1-40-13-11-26-24(16-40)37-29(42(26)3)31(44)39-22-9-5-7-19(27(22)33)18-6-4-8-21(20(18)15-34)38-30(43)28-36-23-14-32(17-35)12-10-25(23)41(28)2/h4-9H,10-14,16H2,1-3H3,(H,38,43)(H,39,44). The summed E-state index contributed by atoms with van der Waals surface area (Å²) < 4.78 is 3.59. The molecule has 2 aromatic heterocycles. The van der Waals surface area contributed by atoms with Crippen molar-refractivity contribution in [3.8, 4) is 23.2 Å². The maximum atomic E-state index is 13.4. The molecule has 11 nitrogen and oxygen atoms in total. The number of nitrogens with zero attached hydrogens (tertiary/aromatic N) is 7. The van der Waals surface area contributed by atoms with E-state index in [1.807, 2.05) is 18.7 Å². The van der Waals surface area contributed by atoms with E-state index in [1.165, 1.54) is 0 Å². The number of amides is 2. The summed E-state index contributed by atoms with van der Waals surface area (Å²) >= 11 is 6.84. The SMILES string of the molecule is CN1CCc2c(nc(C(=O)Nc3cccc(-c4cccc(NC(=O)c5nc6c(n5C)CCB(C#N)C6)c4C#N)c3Cl)n2C)C1. The van der Waals surface area contributed by atoms with Crippen LogP contribution in [0.2, 0.25) is 11.3 Å². The van der Waals surface area contributed by atoms with Gasteiger partial charge in [-0.05, 0) is 31.9 Å². The molecule has 0 spiro atoms. The zero-order valence-electron chi connectivity index (χ0n) is 24.6. The van der Waals surface area contributed by atoms with E-state index in [4.69, 9.17) is 11.6 Å². The van der Waals surface area contributed by atoms with Crippen molar-refractivity contribution in [3.63, 3.8) is 0 Å². The largest absolute Gasteiger partial charge is 0.327 e. The highest BCUT2D eigenvalue weighted by Gasteiger charge is 2.29. The van der Waals surface area contributed by atoms with Crippen molar-refractivity contribution in [1.29, 1.82) is 10.5 Å². The first-order chi connectivity index (χ1) is 21.2. The summed E-state index contributed by atoms with van der Waals surface area (Å²) in [6, 6.07) is 12.5. The molecule has 2 N–H and O–H groups in total. The van der Waals surface area contributed by atoms with Gasteiger partial charge in [-0.3, -0.25) is 9.59 Å². The van der Waals surface area contributed by atoms with Crippen molar-refractivity contribution < 1.29 is 9.59 Å². The summed E-state index contributed by atoms with van der Waals surface area (Å²) in [7, 11) is 5.65. The van der Waals surface area contributed by atoms with Gasteiger partial charge in [0.25, 0.3) is 18.5 Å². The molecule has 2 aromatic carbocycles. The van der Waals surface area contributed by atoms with Crippen LogP contribution < -0.4 is 10.6 Å². The summed E-state index contributed by atoms with van der Waals surface area (Å²) in [6.07, 6.45) is 2.73. The fraction of sp³-hybridized carbons (Fsp3) is 0.290. The second-order valence-electron chi connectivity index (χ2n) is 11.2. The average Bonchev–Trinajstić information content (AvgIpc) is 3.53. The highest BCUT2D eigenvalue weighted by molar-refractivity contribution is 6.66.